The predicted molar refractivity (Wildman–Crippen MR) is 212 cm³/mol. The number of phenols is 1. The molecule has 6 nitrogen and oxygen atoms in total. The molecule has 0 bridgehead atoms. The number of fused-ring (bicyclic) bond motifs is 2. The molecule has 3 aromatic carbocycles. The minimum atomic E-state index is -0.703. The van der Waals surface area contributed by atoms with Crippen molar-refractivity contribution in [3.8, 4) is 33.8 Å². The molecule has 53 heavy (non-hydrogen) atoms. The third kappa shape index (κ3) is 6.76. The number of rotatable bonds is 5. The van der Waals surface area contributed by atoms with E-state index in [4.69, 9.17) is 4.98 Å². The van der Waals surface area contributed by atoms with Crippen molar-refractivity contribution in [2.45, 2.75) is 98.1 Å². The maximum atomic E-state index is 11.9. The largest absolute Gasteiger partial charge is 2.00 e. The van der Waals surface area contributed by atoms with E-state index >= 15 is 0 Å². The summed E-state index contributed by atoms with van der Waals surface area (Å²) < 4.78 is 6.32. The van der Waals surface area contributed by atoms with Gasteiger partial charge in [0.15, 0.2) is 0 Å². The Balaban J connectivity index is 0.00000481. The van der Waals surface area contributed by atoms with Crippen LogP contribution in [0.25, 0.3) is 50.0 Å². The molecule has 0 aliphatic rings. The molecule has 0 amide bonds. The number of hydrogen-bond acceptors (Lipinski definition) is 3. The Kier molecular flexibility index (Phi) is 9.65. The molecule has 4 heterocycles. The van der Waals surface area contributed by atoms with Crippen LogP contribution in [0.4, 0.5) is 0 Å². The average molecular weight is 884 g/mol. The van der Waals surface area contributed by atoms with Crippen LogP contribution >= 0.6 is 0 Å². The molecule has 0 aliphatic carbocycles. The van der Waals surface area contributed by atoms with E-state index in [-0.39, 0.29) is 43.1 Å². The fraction of sp³-hybridized carbons (Fsp3) is 0.326. The van der Waals surface area contributed by atoms with Gasteiger partial charge < -0.3 is 19.2 Å². The SMILES string of the molecule is CC(C)(C)c1cc(-n2[c-][n+](C(C)(C)n3[c-]c(-c4cc(-c5ccccc5C(C)(C)C)ccn4)c4ccncc43)c3ccccc32)c(O)c(C(C)(C)C)c1.[Pt+2]. The molecule has 7 heteroatoms. The predicted octanol–water partition coefficient (Wildman–Crippen LogP) is 10.4. The standard InChI is InChI=1S/C46H50N5O.Pt/c1-43(2,3)31-25-36(45(7,8)9)42(52)40(26-31)49-29-51(39-19-15-14-18-38(39)49)46(10,11)50-28-34(33-21-22-47-27-41(33)50)37-24-30(20-23-48-37)32-16-12-13-17-35(32)44(4,5)6;/h12-27,52H,1-11H3;/q-1;+2. The van der Waals surface area contributed by atoms with Crippen molar-refractivity contribution < 1.29 is 30.7 Å². The van der Waals surface area contributed by atoms with Gasteiger partial charge in [0, 0.05) is 18.6 Å². The van der Waals surface area contributed by atoms with Crippen molar-refractivity contribution in [2.24, 2.45) is 0 Å². The second-order valence-corrected chi connectivity index (χ2v) is 17.6. The summed E-state index contributed by atoms with van der Waals surface area (Å²) in [6.07, 6.45) is 13.1. The first kappa shape index (κ1) is 38.2. The third-order valence-corrected chi connectivity index (χ3v) is 10.3. The normalized spacial score (nSPS) is 12.7. The number of aromatic nitrogens is 5. The smallest absolute Gasteiger partial charge is 0.513 e. The van der Waals surface area contributed by atoms with Crippen molar-refractivity contribution in [3.63, 3.8) is 0 Å². The number of aromatic hydroxyl groups is 1. The van der Waals surface area contributed by atoms with Crippen LogP contribution < -0.4 is 4.57 Å². The fourth-order valence-electron chi connectivity index (χ4n) is 7.30. The van der Waals surface area contributed by atoms with Gasteiger partial charge in [0.2, 0.25) is 6.33 Å². The van der Waals surface area contributed by atoms with Crippen LogP contribution in [0, 0.1) is 12.5 Å². The number of nitrogens with zero attached hydrogens (tertiary/aromatic N) is 5. The summed E-state index contributed by atoms with van der Waals surface area (Å²) in [4.78, 5) is 9.46. The third-order valence-electron chi connectivity index (χ3n) is 10.3. The number of phenolic OH excluding ortho intramolecular Hbond substituents is 1. The quantitative estimate of drug-likeness (QED) is 0.138. The van der Waals surface area contributed by atoms with E-state index in [2.05, 4.69) is 170 Å². The van der Waals surface area contributed by atoms with E-state index in [1.165, 1.54) is 11.1 Å². The molecule has 274 valence electrons. The summed E-state index contributed by atoms with van der Waals surface area (Å²) in [6, 6.07) is 27.5. The Morgan fingerprint density at radius 1 is 0.698 bits per heavy atom. The maximum absolute atomic E-state index is 11.9. The van der Waals surface area contributed by atoms with Gasteiger partial charge in [-0.3, -0.25) is 9.55 Å². The van der Waals surface area contributed by atoms with Crippen LogP contribution in [-0.4, -0.2) is 24.2 Å². The Hall–Kier alpha value is -4.54. The van der Waals surface area contributed by atoms with Crippen LogP contribution in [0.15, 0.2) is 97.5 Å². The number of benzene rings is 3. The summed E-state index contributed by atoms with van der Waals surface area (Å²) in [5.41, 5.74) is 9.92. The molecular formula is C46H50N5OPt+. The van der Waals surface area contributed by atoms with E-state index in [1.54, 1.807) is 0 Å². The Morgan fingerprint density at radius 3 is 2.08 bits per heavy atom. The van der Waals surface area contributed by atoms with Crippen LogP contribution in [0.5, 0.6) is 5.75 Å². The molecule has 0 fully saturated rings. The Labute approximate surface area is 328 Å². The summed E-state index contributed by atoms with van der Waals surface area (Å²) in [6.45, 7) is 24.2. The molecule has 0 saturated carbocycles. The fourth-order valence-corrected chi connectivity index (χ4v) is 7.30. The molecule has 0 unspecified atom stereocenters. The van der Waals surface area contributed by atoms with Gasteiger partial charge in [0.25, 0.3) is 0 Å². The number of para-hydroxylation sites is 2. The minimum absolute atomic E-state index is 0. The van der Waals surface area contributed by atoms with Gasteiger partial charge in [-0.2, -0.15) is 0 Å². The van der Waals surface area contributed by atoms with Crippen LogP contribution in [0.1, 0.15) is 92.9 Å². The van der Waals surface area contributed by atoms with Gasteiger partial charge in [-0.05, 0) is 75.2 Å². The van der Waals surface area contributed by atoms with Gasteiger partial charge in [-0.25, -0.2) is 0 Å². The number of hydrogen-bond donors (Lipinski definition) is 1. The molecule has 7 aromatic rings. The monoisotopic (exact) mass is 883 g/mol. The molecule has 0 radical (unpaired) electrons. The van der Waals surface area contributed by atoms with Crippen molar-refractivity contribution in [3.05, 3.63) is 127 Å². The number of imidazole rings is 1. The van der Waals surface area contributed by atoms with Crippen molar-refractivity contribution in [1.82, 2.24) is 19.1 Å². The van der Waals surface area contributed by atoms with Crippen LogP contribution in [0.2, 0.25) is 0 Å². The zero-order valence-corrected chi connectivity index (χ0v) is 35.0. The first-order chi connectivity index (χ1) is 24.4. The molecular weight excluding hydrogens is 834 g/mol. The molecule has 7 rings (SSSR count). The first-order valence-corrected chi connectivity index (χ1v) is 18.2. The van der Waals surface area contributed by atoms with E-state index in [9.17, 15) is 5.11 Å². The van der Waals surface area contributed by atoms with Gasteiger partial charge in [0.05, 0.1) is 16.7 Å². The topological polar surface area (TPSA) is 59.8 Å². The second kappa shape index (κ2) is 13.4. The zero-order valence-electron chi connectivity index (χ0n) is 32.7. The van der Waals surface area contributed by atoms with Crippen molar-refractivity contribution in [2.75, 3.05) is 0 Å². The molecule has 1 N–H and O–H groups in total. The summed E-state index contributed by atoms with van der Waals surface area (Å²) >= 11 is 0. The van der Waals surface area contributed by atoms with Crippen LogP contribution in [-0.2, 0) is 43.0 Å². The minimum Gasteiger partial charge on any atom is -0.513 e. The van der Waals surface area contributed by atoms with E-state index in [1.807, 2.05) is 35.3 Å². The van der Waals surface area contributed by atoms with E-state index in [0.717, 1.165) is 49.9 Å². The first-order valence-electron chi connectivity index (χ1n) is 18.2. The zero-order chi connectivity index (χ0) is 37.4. The van der Waals surface area contributed by atoms with Crippen molar-refractivity contribution in [1.29, 1.82) is 0 Å². The van der Waals surface area contributed by atoms with E-state index < -0.39 is 5.66 Å². The van der Waals surface area contributed by atoms with Gasteiger partial charge in [-0.1, -0.05) is 141 Å². The Bertz CT molecular complexity index is 2470. The Morgan fingerprint density at radius 2 is 1.38 bits per heavy atom. The maximum Gasteiger partial charge on any atom is 2.00 e. The van der Waals surface area contributed by atoms with Crippen molar-refractivity contribution >= 4 is 21.9 Å². The molecule has 0 saturated heterocycles. The molecule has 4 aromatic heterocycles. The van der Waals surface area contributed by atoms with Gasteiger partial charge in [-0.15, -0.1) is 10.9 Å². The van der Waals surface area contributed by atoms with Gasteiger partial charge in [0.1, 0.15) is 11.4 Å². The average Bonchev–Trinajstić information content (AvgIpc) is 3.68. The summed E-state index contributed by atoms with van der Waals surface area (Å²) in [5, 5.41) is 12.9. The molecule has 0 spiro atoms. The summed E-state index contributed by atoms with van der Waals surface area (Å²) in [5.74, 6) is 0.269. The molecule has 0 aliphatic heterocycles. The van der Waals surface area contributed by atoms with Crippen LogP contribution in [0.3, 0.4) is 0 Å². The van der Waals surface area contributed by atoms with Gasteiger partial charge >= 0.3 is 21.1 Å². The second-order valence-electron chi connectivity index (χ2n) is 17.6. The number of pyridine rings is 2. The summed E-state index contributed by atoms with van der Waals surface area (Å²) in [7, 11) is 0. The van der Waals surface area contributed by atoms with E-state index in [0.29, 0.717) is 5.69 Å². The molecule has 0 atom stereocenters.